The lowest BCUT2D eigenvalue weighted by Crippen LogP contribution is -2.47. The monoisotopic (exact) mass is 367 g/mol. The summed E-state index contributed by atoms with van der Waals surface area (Å²) in [6.07, 6.45) is 1.39. The molecule has 2 amide bonds. The number of nitrogens with one attached hydrogen (secondary N) is 1. The molecule has 27 heavy (non-hydrogen) atoms. The van der Waals surface area contributed by atoms with Crippen molar-refractivity contribution in [3.8, 4) is 16.9 Å². The third kappa shape index (κ3) is 3.10. The van der Waals surface area contributed by atoms with E-state index < -0.39 is 12.2 Å². The number of hydrogen-bond donors (Lipinski definition) is 1. The number of amides is 2. The molecule has 0 radical (unpaired) electrons. The number of hydrogen-bond acceptors (Lipinski definition) is 6. The molecule has 1 aromatic heterocycles. The maximum atomic E-state index is 12.3. The average Bonchev–Trinajstić information content (AvgIpc) is 3.02. The van der Waals surface area contributed by atoms with Crippen LogP contribution in [0.5, 0.6) is 5.75 Å². The first-order chi connectivity index (χ1) is 13.1. The second-order valence-corrected chi connectivity index (χ2v) is 6.38. The number of benzene rings is 1. The van der Waals surface area contributed by atoms with Gasteiger partial charge in [0.2, 0.25) is 5.91 Å². The van der Waals surface area contributed by atoms with Gasteiger partial charge in [-0.3, -0.25) is 19.5 Å². The molecule has 2 aliphatic heterocycles. The van der Waals surface area contributed by atoms with Crippen LogP contribution in [-0.2, 0) is 9.53 Å². The number of aromatic nitrogens is 1. The number of rotatable bonds is 4. The van der Waals surface area contributed by atoms with E-state index in [1.807, 2.05) is 12.1 Å². The first kappa shape index (κ1) is 17.0. The molecule has 4 rings (SSSR count). The minimum atomic E-state index is -0.464. The largest absolute Gasteiger partial charge is 0.489 e. The Bertz CT molecular complexity index is 912. The average molecular weight is 367 g/mol. The first-order valence-electron chi connectivity index (χ1n) is 8.49. The SMILES string of the molecule is CC(=O)NC[C@@H]1OC(=O)N2c3ccc(-c4ccc(C=O)nc4)cc3OC[C@@H]12. The lowest BCUT2D eigenvalue weighted by atomic mass is 10.0. The minimum Gasteiger partial charge on any atom is -0.489 e. The van der Waals surface area contributed by atoms with E-state index in [1.165, 1.54) is 6.92 Å². The number of fused-ring (bicyclic) bond motifs is 3. The van der Waals surface area contributed by atoms with Gasteiger partial charge in [0.1, 0.15) is 30.2 Å². The molecule has 138 valence electrons. The van der Waals surface area contributed by atoms with Gasteiger partial charge in [0, 0.05) is 18.7 Å². The molecule has 0 spiro atoms. The molecule has 1 saturated heterocycles. The fourth-order valence-corrected chi connectivity index (χ4v) is 3.28. The number of ether oxygens (including phenoxy) is 2. The Hall–Kier alpha value is -3.42. The van der Waals surface area contributed by atoms with Gasteiger partial charge in [0.25, 0.3) is 0 Å². The van der Waals surface area contributed by atoms with Gasteiger partial charge in [-0.15, -0.1) is 0 Å². The lowest BCUT2D eigenvalue weighted by Gasteiger charge is -2.31. The van der Waals surface area contributed by atoms with Crippen molar-refractivity contribution in [3.05, 3.63) is 42.2 Å². The summed E-state index contributed by atoms with van der Waals surface area (Å²) in [6.45, 7) is 1.93. The van der Waals surface area contributed by atoms with Gasteiger partial charge in [0.15, 0.2) is 6.29 Å². The molecule has 2 aliphatic rings. The second-order valence-electron chi connectivity index (χ2n) is 6.38. The standard InChI is InChI=1S/C19H17N3O5/c1-11(24)20-8-18-16-10-26-17-6-12(13-2-4-14(9-23)21-7-13)3-5-15(17)22(16)19(25)27-18/h2-7,9,16,18H,8,10H2,1H3,(H,20,24)/t16-,18-/m0/s1. The number of carbonyl (C=O) groups excluding carboxylic acids is 3. The van der Waals surface area contributed by atoms with E-state index in [4.69, 9.17) is 9.47 Å². The first-order valence-corrected chi connectivity index (χ1v) is 8.49. The van der Waals surface area contributed by atoms with Gasteiger partial charge in [-0.05, 0) is 23.8 Å². The fourth-order valence-electron chi connectivity index (χ4n) is 3.28. The Morgan fingerprint density at radius 2 is 2.15 bits per heavy atom. The number of carbonyl (C=O) groups is 3. The van der Waals surface area contributed by atoms with E-state index >= 15 is 0 Å². The van der Waals surface area contributed by atoms with Crippen LogP contribution in [0.3, 0.4) is 0 Å². The highest BCUT2D eigenvalue weighted by atomic mass is 16.6. The van der Waals surface area contributed by atoms with Crippen LogP contribution >= 0.6 is 0 Å². The van der Waals surface area contributed by atoms with Gasteiger partial charge in [-0.1, -0.05) is 12.1 Å². The van der Waals surface area contributed by atoms with Crippen molar-refractivity contribution in [1.29, 1.82) is 0 Å². The van der Waals surface area contributed by atoms with Crippen LogP contribution in [0.2, 0.25) is 0 Å². The van der Waals surface area contributed by atoms with E-state index in [0.29, 0.717) is 23.4 Å². The van der Waals surface area contributed by atoms with Crippen LogP contribution in [0, 0.1) is 0 Å². The normalized spacial score (nSPS) is 20.2. The molecular formula is C19H17N3O5. The smallest absolute Gasteiger partial charge is 0.415 e. The van der Waals surface area contributed by atoms with E-state index in [9.17, 15) is 14.4 Å². The number of anilines is 1. The van der Waals surface area contributed by atoms with Gasteiger partial charge >= 0.3 is 6.09 Å². The highest BCUT2D eigenvalue weighted by Gasteiger charge is 2.46. The lowest BCUT2D eigenvalue weighted by molar-refractivity contribution is -0.119. The van der Waals surface area contributed by atoms with E-state index in [-0.39, 0.29) is 25.1 Å². The van der Waals surface area contributed by atoms with Crippen LogP contribution < -0.4 is 15.0 Å². The topological polar surface area (TPSA) is 97.8 Å². The van der Waals surface area contributed by atoms with Crippen molar-refractivity contribution in [1.82, 2.24) is 10.3 Å². The molecule has 2 atom stereocenters. The minimum absolute atomic E-state index is 0.180. The Morgan fingerprint density at radius 1 is 1.33 bits per heavy atom. The third-order valence-corrected chi connectivity index (χ3v) is 4.63. The number of pyridine rings is 1. The van der Waals surface area contributed by atoms with Crippen molar-refractivity contribution < 1.29 is 23.9 Å². The Balaban J connectivity index is 1.60. The zero-order valence-electron chi connectivity index (χ0n) is 14.5. The Kier molecular flexibility index (Phi) is 4.23. The van der Waals surface area contributed by atoms with Gasteiger partial charge in [-0.25, -0.2) is 4.79 Å². The van der Waals surface area contributed by atoms with Crippen molar-refractivity contribution in [2.24, 2.45) is 0 Å². The van der Waals surface area contributed by atoms with Gasteiger partial charge < -0.3 is 14.8 Å². The zero-order valence-corrected chi connectivity index (χ0v) is 14.5. The van der Waals surface area contributed by atoms with Crippen LogP contribution in [0.15, 0.2) is 36.5 Å². The molecule has 2 aromatic rings. The summed E-state index contributed by atoms with van der Waals surface area (Å²) < 4.78 is 11.3. The quantitative estimate of drug-likeness (QED) is 0.828. The number of cyclic esters (lactones) is 1. The van der Waals surface area contributed by atoms with Gasteiger partial charge in [-0.2, -0.15) is 0 Å². The Labute approximate surface area is 155 Å². The van der Waals surface area contributed by atoms with Crippen molar-refractivity contribution in [2.75, 3.05) is 18.1 Å². The predicted octanol–water partition coefficient (Wildman–Crippen LogP) is 1.78. The molecule has 3 heterocycles. The molecule has 0 unspecified atom stereocenters. The fraction of sp³-hybridized carbons (Fsp3) is 0.263. The van der Waals surface area contributed by atoms with E-state index in [2.05, 4.69) is 10.3 Å². The number of aldehydes is 1. The highest BCUT2D eigenvalue weighted by molar-refractivity contribution is 5.94. The third-order valence-electron chi connectivity index (χ3n) is 4.63. The van der Waals surface area contributed by atoms with E-state index in [0.717, 1.165) is 11.1 Å². The molecule has 1 aromatic carbocycles. The second kappa shape index (κ2) is 6.71. The molecule has 0 bridgehead atoms. The summed E-state index contributed by atoms with van der Waals surface area (Å²) in [7, 11) is 0. The molecule has 8 heteroatoms. The summed E-state index contributed by atoms with van der Waals surface area (Å²) in [4.78, 5) is 39.9. The summed E-state index contributed by atoms with van der Waals surface area (Å²) in [6, 6.07) is 8.64. The van der Waals surface area contributed by atoms with Crippen LogP contribution in [-0.4, -0.2) is 48.6 Å². The Morgan fingerprint density at radius 3 is 2.85 bits per heavy atom. The zero-order chi connectivity index (χ0) is 19.0. The van der Waals surface area contributed by atoms with Crippen molar-refractivity contribution >= 4 is 24.0 Å². The maximum Gasteiger partial charge on any atom is 0.415 e. The molecule has 1 fully saturated rings. The summed E-state index contributed by atoms with van der Waals surface area (Å²) >= 11 is 0. The molecule has 8 nitrogen and oxygen atoms in total. The maximum absolute atomic E-state index is 12.3. The predicted molar refractivity (Wildman–Crippen MR) is 95.8 cm³/mol. The number of nitrogens with zero attached hydrogens (tertiary/aromatic N) is 2. The van der Waals surface area contributed by atoms with E-state index in [1.54, 1.807) is 29.3 Å². The molecule has 0 saturated carbocycles. The van der Waals surface area contributed by atoms with Gasteiger partial charge in [0.05, 0.1) is 12.2 Å². The van der Waals surface area contributed by atoms with Crippen molar-refractivity contribution in [3.63, 3.8) is 0 Å². The highest BCUT2D eigenvalue weighted by Crippen LogP contribution is 2.40. The van der Waals surface area contributed by atoms with Crippen LogP contribution in [0.1, 0.15) is 17.4 Å². The van der Waals surface area contributed by atoms with Crippen molar-refractivity contribution in [2.45, 2.75) is 19.1 Å². The van der Waals surface area contributed by atoms with Crippen LogP contribution in [0.4, 0.5) is 10.5 Å². The molecular weight excluding hydrogens is 350 g/mol. The summed E-state index contributed by atoms with van der Waals surface area (Å²) in [5.74, 6) is 0.390. The summed E-state index contributed by atoms with van der Waals surface area (Å²) in [5.41, 5.74) is 2.68. The van der Waals surface area contributed by atoms with Crippen LogP contribution in [0.25, 0.3) is 11.1 Å². The molecule has 1 N–H and O–H groups in total. The summed E-state index contributed by atoms with van der Waals surface area (Å²) in [5, 5.41) is 2.67. The molecule has 0 aliphatic carbocycles.